The molecule has 0 saturated heterocycles. The second-order valence-electron chi connectivity index (χ2n) is 9.87. The van der Waals surface area contributed by atoms with E-state index in [2.05, 4.69) is 25.0 Å². The molecule has 2 N–H and O–H groups in total. The van der Waals surface area contributed by atoms with Gasteiger partial charge in [-0.2, -0.15) is 0 Å². The van der Waals surface area contributed by atoms with Gasteiger partial charge in [0.15, 0.2) is 5.82 Å². The summed E-state index contributed by atoms with van der Waals surface area (Å²) < 4.78 is 56.7. The number of hydrogen-bond donors (Lipinski definition) is 2. The molecule has 1 aromatic heterocycles. The number of nitrogens with one attached hydrogen (secondary N) is 2. The van der Waals surface area contributed by atoms with E-state index >= 15 is 0 Å². The van der Waals surface area contributed by atoms with Crippen LogP contribution in [-0.2, 0) is 20.2 Å². The summed E-state index contributed by atoms with van der Waals surface area (Å²) in [5.41, 5.74) is 1.10. The summed E-state index contributed by atoms with van der Waals surface area (Å²) in [6.07, 6.45) is 2.07. The molecule has 12 heteroatoms. The average molecular weight is 546 g/mol. The fourth-order valence-corrected chi connectivity index (χ4v) is 4.98. The number of anilines is 3. The van der Waals surface area contributed by atoms with Crippen molar-refractivity contribution in [3.8, 4) is 17.0 Å². The lowest BCUT2D eigenvalue weighted by molar-refractivity contribution is 0.0607. The maximum absolute atomic E-state index is 14.8. The Hall–Kier alpha value is -3.80. The molecule has 1 aliphatic rings. The van der Waals surface area contributed by atoms with E-state index < -0.39 is 33.1 Å². The van der Waals surface area contributed by atoms with E-state index in [0.717, 1.165) is 6.20 Å². The Morgan fingerprint density at radius 3 is 2.76 bits per heavy atom. The summed E-state index contributed by atoms with van der Waals surface area (Å²) in [5, 5.41) is 6.14. The molecule has 0 aliphatic carbocycles. The third-order valence-corrected chi connectivity index (χ3v) is 6.61. The highest BCUT2D eigenvalue weighted by Crippen LogP contribution is 2.31. The first-order chi connectivity index (χ1) is 17.9. The quantitative estimate of drug-likeness (QED) is 0.410. The number of ether oxygens (including phenoxy) is 2. The largest absolute Gasteiger partial charge is 0.493 e. The molecule has 0 saturated carbocycles. The maximum atomic E-state index is 14.8. The van der Waals surface area contributed by atoms with Gasteiger partial charge in [0.1, 0.15) is 22.9 Å². The number of benzene rings is 2. The van der Waals surface area contributed by atoms with Gasteiger partial charge in [-0.25, -0.2) is 27.8 Å². The minimum absolute atomic E-state index is 0.00225. The van der Waals surface area contributed by atoms with Crippen molar-refractivity contribution in [2.24, 2.45) is 4.36 Å². The van der Waals surface area contributed by atoms with E-state index in [1.54, 1.807) is 39.0 Å². The van der Waals surface area contributed by atoms with Crippen molar-refractivity contribution < 1.29 is 27.3 Å². The predicted octanol–water partition coefficient (Wildman–Crippen LogP) is 5.89. The van der Waals surface area contributed by atoms with Crippen LogP contribution >= 0.6 is 0 Å². The number of fused-ring (bicyclic) bond motifs is 6. The number of hydrogen-bond acceptors (Lipinski definition) is 8. The first kappa shape index (κ1) is 27.2. The Kier molecular flexibility index (Phi) is 7.81. The van der Waals surface area contributed by atoms with E-state index in [1.807, 2.05) is 0 Å². The number of rotatable bonds is 2. The molecule has 9 nitrogen and oxygen atoms in total. The van der Waals surface area contributed by atoms with Crippen LogP contribution in [0.2, 0.25) is 0 Å². The second-order valence-corrected chi connectivity index (χ2v) is 12.3. The highest BCUT2D eigenvalue weighted by atomic mass is 32.2. The molecule has 2 heterocycles. The van der Waals surface area contributed by atoms with Gasteiger partial charge >= 0.3 is 6.09 Å². The lowest BCUT2D eigenvalue weighted by Gasteiger charge is -2.18. The summed E-state index contributed by atoms with van der Waals surface area (Å²) in [4.78, 5) is 20.5. The van der Waals surface area contributed by atoms with Crippen molar-refractivity contribution in [1.82, 2.24) is 9.97 Å². The molecule has 1 unspecified atom stereocenters. The fraction of sp³-hybridized carbons (Fsp3) is 0.346. The van der Waals surface area contributed by atoms with Crippen LogP contribution in [0.25, 0.3) is 11.3 Å². The Bertz CT molecular complexity index is 1480. The van der Waals surface area contributed by atoms with Crippen LogP contribution in [0.3, 0.4) is 0 Å². The van der Waals surface area contributed by atoms with Crippen LogP contribution in [0.4, 0.5) is 30.9 Å². The van der Waals surface area contributed by atoms with Gasteiger partial charge in [0, 0.05) is 35.8 Å². The van der Waals surface area contributed by atoms with E-state index in [4.69, 9.17) is 9.47 Å². The molecule has 1 aliphatic heterocycles. The molecular formula is C26H29F2N5O4S. The molecule has 0 radical (unpaired) electrons. The Morgan fingerprint density at radius 2 is 2.00 bits per heavy atom. The van der Waals surface area contributed by atoms with Gasteiger partial charge in [-0.1, -0.05) is 0 Å². The summed E-state index contributed by atoms with van der Waals surface area (Å²) in [5.74, 6) is -0.607. The zero-order valence-electron chi connectivity index (χ0n) is 21.5. The number of carbonyl (C=O) groups excluding carboxylic acids is 1. The molecule has 3 aromatic rings. The molecule has 0 fully saturated rings. The molecule has 4 bridgehead atoms. The lowest BCUT2D eigenvalue weighted by atomic mass is 10.1. The Morgan fingerprint density at radius 1 is 1.21 bits per heavy atom. The monoisotopic (exact) mass is 545 g/mol. The summed E-state index contributed by atoms with van der Waals surface area (Å²) in [6, 6.07) is 9.10. The average Bonchev–Trinajstić information content (AvgIpc) is 2.78. The van der Waals surface area contributed by atoms with E-state index in [1.165, 1.54) is 24.5 Å². The minimum Gasteiger partial charge on any atom is -0.493 e. The van der Waals surface area contributed by atoms with E-state index in [9.17, 15) is 17.8 Å². The van der Waals surface area contributed by atoms with Gasteiger partial charge in [0.2, 0.25) is 5.95 Å². The smallest absolute Gasteiger partial charge is 0.442 e. The van der Waals surface area contributed by atoms with Crippen molar-refractivity contribution in [2.45, 2.75) is 38.5 Å². The number of halogens is 2. The zero-order chi connectivity index (χ0) is 27.5. The van der Waals surface area contributed by atoms with E-state index in [-0.39, 0.29) is 17.4 Å². The number of nitrogens with zero attached hydrogens (tertiary/aromatic N) is 3. The van der Waals surface area contributed by atoms with Crippen molar-refractivity contribution >= 4 is 33.1 Å². The molecule has 0 spiro atoms. The SMILES string of the molecule is CC(C)(C)OC(=O)N=S(C)(=O)Cc1cc2cc(c1)OCCCNc1cc(F)ccc1-c1nc(ncc1F)N2. The van der Waals surface area contributed by atoms with Crippen molar-refractivity contribution in [2.75, 3.05) is 30.0 Å². The zero-order valence-corrected chi connectivity index (χ0v) is 22.3. The maximum Gasteiger partial charge on any atom is 0.442 e. The number of aromatic nitrogens is 2. The van der Waals surface area contributed by atoms with Crippen LogP contribution in [0.5, 0.6) is 5.75 Å². The molecule has 2 aromatic carbocycles. The van der Waals surface area contributed by atoms with Crippen LogP contribution in [-0.4, -0.2) is 45.3 Å². The topological polar surface area (TPSA) is 115 Å². The van der Waals surface area contributed by atoms with Crippen LogP contribution in [0, 0.1) is 11.6 Å². The van der Waals surface area contributed by atoms with Gasteiger partial charge < -0.3 is 20.1 Å². The normalized spacial score (nSPS) is 14.9. The van der Waals surface area contributed by atoms with Gasteiger partial charge in [-0.3, -0.25) is 0 Å². The van der Waals surface area contributed by atoms with Gasteiger partial charge in [0.25, 0.3) is 0 Å². The summed E-state index contributed by atoms with van der Waals surface area (Å²) in [7, 11) is -2.99. The first-order valence-electron chi connectivity index (χ1n) is 11.9. The second kappa shape index (κ2) is 10.9. The van der Waals surface area contributed by atoms with Crippen LogP contribution < -0.4 is 15.4 Å². The Labute approximate surface area is 220 Å². The molecule has 202 valence electrons. The third-order valence-electron chi connectivity index (χ3n) is 5.20. The van der Waals surface area contributed by atoms with Crippen molar-refractivity contribution in [3.05, 3.63) is 59.8 Å². The lowest BCUT2D eigenvalue weighted by Crippen LogP contribution is -2.22. The van der Waals surface area contributed by atoms with Crippen LogP contribution in [0.15, 0.2) is 47.0 Å². The van der Waals surface area contributed by atoms with Crippen LogP contribution in [0.1, 0.15) is 32.8 Å². The third kappa shape index (κ3) is 7.37. The summed E-state index contributed by atoms with van der Waals surface area (Å²) >= 11 is 0. The van der Waals surface area contributed by atoms with E-state index in [0.29, 0.717) is 47.8 Å². The molecular weight excluding hydrogens is 516 g/mol. The Balaban J connectivity index is 1.70. The first-order valence-corrected chi connectivity index (χ1v) is 14.0. The predicted molar refractivity (Wildman–Crippen MR) is 142 cm³/mol. The molecule has 4 rings (SSSR count). The number of amides is 1. The number of carbonyl (C=O) groups is 1. The van der Waals surface area contributed by atoms with Crippen molar-refractivity contribution in [3.63, 3.8) is 0 Å². The summed E-state index contributed by atoms with van der Waals surface area (Å²) in [6.45, 7) is 5.85. The van der Waals surface area contributed by atoms with Crippen molar-refractivity contribution in [1.29, 1.82) is 0 Å². The molecule has 1 atom stereocenters. The fourth-order valence-electron chi connectivity index (χ4n) is 3.78. The highest BCUT2D eigenvalue weighted by molar-refractivity contribution is 7.92. The molecule has 38 heavy (non-hydrogen) atoms. The van der Waals surface area contributed by atoms with Gasteiger partial charge in [-0.05, 0) is 63.1 Å². The highest BCUT2D eigenvalue weighted by Gasteiger charge is 2.19. The molecule has 1 amide bonds. The minimum atomic E-state index is -2.99. The van der Waals surface area contributed by atoms with Gasteiger partial charge in [0.05, 0.1) is 28.3 Å². The standard InChI is InChI=1S/C26H29F2N5O4S/c1-26(2,3)37-25(34)33-38(4,35)15-16-10-18-13-19(11-16)36-9-5-8-29-22-12-17(27)6-7-20(22)23-21(28)14-30-24(31-18)32-23/h6-7,10-14,29H,5,8-9,15H2,1-4H3,(H,30,31,32). The van der Waals surface area contributed by atoms with Gasteiger partial charge in [-0.15, -0.1) is 4.36 Å².